The first kappa shape index (κ1) is 24.3. The molecule has 0 bridgehead atoms. The molecule has 0 unspecified atom stereocenters. The first-order valence-corrected chi connectivity index (χ1v) is 12.2. The molecule has 1 aromatic carbocycles. The molecule has 0 aliphatic heterocycles. The number of esters is 2. The highest BCUT2D eigenvalue weighted by molar-refractivity contribution is 7.17. The van der Waals surface area contributed by atoms with Crippen molar-refractivity contribution in [2.24, 2.45) is 0 Å². The standard InChI is InChI=1S/C26H26N4O4S/c1-4-33-25(31)21(26(32)34-5-2)23-29-22(27-14-18-13-9-10-16(3)28-18)20-19(15-35-24(20)30-23)17-11-7-6-8-12-17/h6-13,15,21H,4-5,14H2,1-3H3,(H,27,29,30). The smallest absolute Gasteiger partial charge is 0.328 e. The zero-order valence-electron chi connectivity index (χ0n) is 19.8. The lowest BCUT2D eigenvalue weighted by Crippen LogP contribution is -2.28. The molecule has 9 heteroatoms. The van der Waals surface area contributed by atoms with E-state index in [1.54, 1.807) is 13.8 Å². The zero-order valence-corrected chi connectivity index (χ0v) is 20.6. The molecule has 0 amide bonds. The first-order valence-electron chi connectivity index (χ1n) is 11.4. The van der Waals surface area contributed by atoms with Crippen molar-refractivity contribution in [1.82, 2.24) is 15.0 Å². The molecular formula is C26H26N4O4S. The van der Waals surface area contributed by atoms with Crippen molar-refractivity contribution in [3.63, 3.8) is 0 Å². The highest BCUT2D eigenvalue weighted by Crippen LogP contribution is 2.38. The van der Waals surface area contributed by atoms with Gasteiger partial charge in [0.15, 0.2) is 5.82 Å². The third kappa shape index (κ3) is 5.46. The van der Waals surface area contributed by atoms with Crippen molar-refractivity contribution in [2.45, 2.75) is 33.2 Å². The minimum atomic E-state index is -1.38. The highest BCUT2D eigenvalue weighted by atomic mass is 32.1. The summed E-state index contributed by atoms with van der Waals surface area (Å²) in [4.78, 5) is 39.9. The molecule has 35 heavy (non-hydrogen) atoms. The van der Waals surface area contributed by atoms with Gasteiger partial charge in [0.25, 0.3) is 0 Å². The van der Waals surface area contributed by atoms with Crippen LogP contribution in [-0.4, -0.2) is 40.1 Å². The number of aromatic nitrogens is 3. The number of benzene rings is 1. The average molecular weight is 491 g/mol. The van der Waals surface area contributed by atoms with Crippen molar-refractivity contribution in [1.29, 1.82) is 0 Å². The van der Waals surface area contributed by atoms with Gasteiger partial charge in [-0.05, 0) is 38.5 Å². The fourth-order valence-corrected chi connectivity index (χ4v) is 4.63. The van der Waals surface area contributed by atoms with E-state index < -0.39 is 17.9 Å². The molecule has 0 aliphatic rings. The Hall–Kier alpha value is -3.85. The Bertz CT molecular complexity index is 1320. The normalized spacial score (nSPS) is 11.0. The first-order chi connectivity index (χ1) is 17.0. The van der Waals surface area contributed by atoms with Gasteiger partial charge in [0.2, 0.25) is 5.92 Å². The Morgan fingerprint density at radius 2 is 1.66 bits per heavy atom. The van der Waals surface area contributed by atoms with E-state index in [4.69, 9.17) is 9.47 Å². The van der Waals surface area contributed by atoms with Gasteiger partial charge >= 0.3 is 11.9 Å². The van der Waals surface area contributed by atoms with Gasteiger partial charge in [0.1, 0.15) is 10.6 Å². The van der Waals surface area contributed by atoms with Crippen molar-refractivity contribution in [3.8, 4) is 11.1 Å². The number of thiophene rings is 1. The summed E-state index contributed by atoms with van der Waals surface area (Å²) in [5, 5.41) is 6.16. The minimum absolute atomic E-state index is 0.0376. The molecular weight excluding hydrogens is 464 g/mol. The molecule has 3 heterocycles. The van der Waals surface area contributed by atoms with Crippen LogP contribution in [-0.2, 0) is 25.6 Å². The van der Waals surface area contributed by atoms with Gasteiger partial charge in [-0.2, -0.15) is 0 Å². The summed E-state index contributed by atoms with van der Waals surface area (Å²) in [6, 6.07) is 15.7. The fourth-order valence-electron chi connectivity index (χ4n) is 3.68. The van der Waals surface area contributed by atoms with E-state index in [1.807, 2.05) is 60.8 Å². The molecule has 4 aromatic rings. The Kier molecular flexibility index (Phi) is 7.67. The van der Waals surface area contributed by atoms with Crippen LogP contribution < -0.4 is 5.32 Å². The van der Waals surface area contributed by atoms with E-state index >= 15 is 0 Å². The maximum absolute atomic E-state index is 12.7. The molecule has 3 aromatic heterocycles. The molecule has 180 valence electrons. The number of aryl methyl sites for hydroxylation is 1. The third-order valence-electron chi connectivity index (χ3n) is 5.22. The summed E-state index contributed by atoms with van der Waals surface area (Å²) in [6.45, 7) is 5.94. The van der Waals surface area contributed by atoms with E-state index in [0.717, 1.165) is 27.9 Å². The zero-order chi connectivity index (χ0) is 24.8. The molecule has 0 saturated heterocycles. The van der Waals surface area contributed by atoms with E-state index in [1.165, 1.54) is 11.3 Å². The lowest BCUT2D eigenvalue weighted by atomic mass is 10.1. The number of pyridine rings is 1. The van der Waals surface area contributed by atoms with Crippen LogP contribution in [0.4, 0.5) is 5.82 Å². The Morgan fingerprint density at radius 1 is 0.943 bits per heavy atom. The number of rotatable bonds is 9. The summed E-state index contributed by atoms with van der Waals surface area (Å²) in [6.07, 6.45) is 0. The van der Waals surface area contributed by atoms with Crippen LogP contribution in [0.15, 0.2) is 53.9 Å². The summed E-state index contributed by atoms with van der Waals surface area (Å²) in [5.41, 5.74) is 3.71. The number of carbonyl (C=O) groups is 2. The molecule has 0 spiro atoms. The van der Waals surface area contributed by atoms with Gasteiger partial charge in [-0.1, -0.05) is 36.4 Å². The molecule has 1 N–H and O–H groups in total. The topological polar surface area (TPSA) is 103 Å². The fraction of sp³-hybridized carbons (Fsp3) is 0.269. The second-order valence-corrected chi connectivity index (χ2v) is 8.55. The van der Waals surface area contributed by atoms with E-state index in [2.05, 4.69) is 20.3 Å². The van der Waals surface area contributed by atoms with Gasteiger partial charge in [-0.15, -0.1) is 11.3 Å². The number of nitrogens with one attached hydrogen (secondary N) is 1. The van der Waals surface area contributed by atoms with Gasteiger partial charge in [0, 0.05) is 16.6 Å². The Labute approximate surface area is 207 Å². The number of carbonyl (C=O) groups excluding carboxylic acids is 2. The molecule has 0 radical (unpaired) electrons. The Balaban J connectivity index is 1.83. The summed E-state index contributed by atoms with van der Waals surface area (Å²) in [5.74, 6) is -2.31. The number of anilines is 1. The molecule has 8 nitrogen and oxygen atoms in total. The van der Waals surface area contributed by atoms with Gasteiger partial charge < -0.3 is 14.8 Å². The SMILES string of the molecule is CCOC(=O)C(C(=O)OCC)c1nc(NCc2cccc(C)n2)c2c(-c3ccccc3)csc2n1. The lowest BCUT2D eigenvalue weighted by Gasteiger charge is -2.16. The maximum Gasteiger partial charge on any atom is 0.328 e. The number of ether oxygens (including phenoxy) is 2. The van der Waals surface area contributed by atoms with Crippen LogP contribution >= 0.6 is 11.3 Å². The lowest BCUT2D eigenvalue weighted by molar-refractivity contribution is -0.157. The van der Waals surface area contributed by atoms with Crippen LogP contribution in [0.5, 0.6) is 0 Å². The molecule has 4 rings (SSSR count). The quantitative estimate of drug-likeness (QED) is 0.261. The van der Waals surface area contributed by atoms with E-state index in [9.17, 15) is 9.59 Å². The van der Waals surface area contributed by atoms with Crippen LogP contribution in [0.1, 0.15) is 37.0 Å². The average Bonchev–Trinajstić information content (AvgIpc) is 3.28. The second kappa shape index (κ2) is 11.1. The summed E-state index contributed by atoms with van der Waals surface area (Å²) >= 11 is 1.42. The van der Waals surface area contributed by atoms with Crippen molar-refractivity contribution in [3.05, 3.63) is 71.1 Å². The van der Waals surface area contributed by atoms with Crippen molar-refractivity contribution < 1.29 is 19.1 Å². The Morgan fingerprint density at radius 3 is 2.31 bits per heavy atom. The van der Waals surface area contributed by atoms with Crippen LogP contribution in [0.25, 0.3) is 21.3 Å². The van der Waals surface area contributed by atoms with Gasteiger partial charge in [-0.25, -0.2) is 9.97 Å². The molecule has 0 saturated carbocycles. The number of hydrogen-bond donors (Lipinski definition) is 1. The van der Waals surface area contributed by atoms with Crippen LogP contribution in [0.3, 0.4) is 0 Å². The highest BCUT2D eigenvalue weighted by Gasteiger charge is 2.35. The largest absolute Gasteiger partial charge is 0.465 e. The minimum Gasteiger partial charge on any atom is -0.465 e. The van der Waals surface area contributed by atoms with Crippen molar-refractivity contribution in [2.75, 3.05) is 18.5 Å². The van der Waals surface area contributed by atoms with E-state index in [-0.39, 0.29) is 19.0 Å². The molecule has 0 atom stereocenters. The number of nitrogens with zero attached hydrogens (tertiary/aromatic N) is 3. The second-order valence-electron chi connectivity index (χ2n) is 7.69. The summed E-state index contributed by atoms with van der Waals surface area (Å²) < 4.78 is 10.3. The van der Waals surface area contributed by atoms with Crippen LogP contribution in [0, 0.1) is 6.92 Å². The molecule has 0 aliphatic carbocycles. The number of fused-ring (bicyclic) bond motifs is 1. The maximum atomic E-state index is 12.7. The molecule has 0 fully saturated rings. The van der Waals surface area contributed by atoms with Crippen molar-refractivity contribution >= 4 is 39.3 Å². The predicted molar refractivity (Wildman–Crippen MR) is 135 cm³/mol. The third-order valence-corrected chi connectivity index (χ3v) is 6.09. The van der Waals surface area contributed by atoms with Gasteiger partial charge in [0.05, 0.1) is 30.8 Å². The summed E-state index contributed by atoms with van der Waals surface area (Å²) in [7, 11) is 0. The van der Waals surface area contributed by atoms with E-state index in [0.29, 0.717) is 17.2 Å². The van der Waals surface area contributed by atoms with Gasteiger partial charge in [-0.3, -0.25) is 14.6 Å². The number of hydrogen-bond acceptors (Lipinski definition) is 9. The predicted octanol–water partition coefficient (Wildman–Crippen LogP) is 4.88. The monoisotopic (exact) mass is 490 g/mol. The van der Waals surface area contributed by atoms with Crippen LogP contribution in [0.2, 0.25) is 0 Å².